The SMILES string of the molecule is COc1ccc2c(c1)C(CC(=O)OCc1ccccc1)[C@@H]1Cc3ccccc3[C@@]1(C)N2. The molecule has 4 heteroatoms. The van der Waals surface area contributed by atoms with Crippen LogP contribution in [0.1, 0.15) is 41.5 Å². The first-order valence-electron chi connectivity index (χ1n) is 10.8. The Kier molecular flexibility index (Phi) is 4.93. The molecule has 1 unspecified atom stereocenters. The molecule has 5 rings (SSSR count). The van der Waals surface area contributed by atoms with E-state index in [1.807, 2.05) is 36.4 Å². The number of methoxy groups -OCH3 is 1. The fourth-order valence-electron chi connectivity index (χ4n) is 5.36. The summed E-state index contributed by atoms with van der Waals surface area (Å²) >= 11 is 0. The molecular weight excluding hydrogens is 386 g/mol. The van der Waals surface area contributed by atoms with Gasteiger partial charge >= 0.3 is 5.97 Å². The third-order valence-corrected chi connectivity index (χ3v) is 6.93. The average molecular weight is 414 g/mol. The predicted molar refractivity (Wildman–Crippen MR) is 121 cm³/mol. The first kappa shape index (κ1) is 19.7. The summed E-state index contributed by atoms with van der Waals surface area (Å²) in [5.74, 6) is 0.950. The van der Waals surface area contributed by atoms with Gasteiger partial charge in [0.05, 0.1) is 19.1 Å². The fraction of sp³-hybridized carbons (Fsp3) is 0.296. The number of fused-ring (bicyclic) bond motifs is 4. The third kappa shape index (κ3) is 3.46. The molecular formula is C27H27NO3. The maximum atomic E-state index is 12.9. The second-order valence-corrected chi connectivity index (χ2v) is 8.71. The number of carbonyl (C=O) groups excluding carboxylic acids is 1. The number of hydrogen-bond donors (Lipinski definition) is 1. The summed E-state index contributed by atoms with van der Waals surface area (Å²) in [4.78, 5) is 12.9. The zero-order chi connectivity index (χ0) is 21.4. The summed E-state index contributed by atoms with van der Waals surface area (Å²) in [6.07, 6.45) is 1.29. The van der Waals surface area contributed by atoms with Crippen LogP contribution in [0, 0.1) is 5.92 Å². The van der Waals surface area contributed by atoms with Crippen LogP contribution in [0.4, 0.5) is 5.69 Å². The lowest BCUT2D eigenvalue weighted by atomic mass is 9.69. The minimum atomic E-state index is -0.220. The van der Waals surface area contributed by atoms with Crippen LogP contribution in [0.3, 0.4) is 0 Å². The highest BCUT2D eigenvalue weighted by atomic mass is 16.5. The molecule has 0 fully saturated rings. The monoisotopic (exact) mass is 413 g/mol. The second kappa shape index (κ2) is 7.77. The number of hydrogen-bond acceptors (Lipinski definition) is 4. The van der Waals surface area contributed by atoms with E-state index in [0.29, 0.717) is 13.0 Å². The Bertz CT molecular complexity index is 1110. The van der Waals surface area contributed by atoms with Crippen LogP contribution in [0.2, 0.25) is 0 Å². The van der Waals surface area contributed by atoms with E-state index in [9.17, 15) is 4.79 Å². The van der Waals surface area contributed by atoms with Gasteiger partial charge < -0.3 is 14.8 Å². The molecule has 31 heavy (non-hydrogen) atoms. The number of benzene rings is 3. The summed E-state index contributed by atoms with van der Waals surface area (Å²) in [6.45, 7) is 2.57. The van der Waals surface area contributed by atoms with Gasteiger partial charge in [0.15, 0.2) is 0 Å². The van der Waals surface area contributed by atoms with E-state index in [-0.39, 0.29) is 23.3 Å². The summed E-state index contributed by atoms with van der Waals surface area (Å²) in [6, 6.07) is 24.5. The molecule has 0 saturated heterocycles. The van der Waals surface area contributed by atoms with Crippen LogP contribution >= 0.6 is 0 Å². The standard InChI is InChI=1S/C27H27NO3/c1-27-23-11-7-6-10-19(23)14-24(27)21(22-15-20(30-2)12-13-25(22)28-27)16-26(29)31-17-18-8-4-3-5-9-18/h3-13,15,21,24,28H,14,16-17H2,1-2H3/t21?,24-,27+/m0/s1. The van der Waals surface area contributed by atoms with Crippen molar-refractivity contribution in [2.45, 2.75) is 37.8 Å². The van der Waals surface area contributed by atoms with Gasteiger partial charge in [0, 0.05) is 11.6 Å². The summed E-state index contributed by atoms with van der Waals surface area (Å²) in [7, 11) is 1.68. The highest BCUT2D eigenvalue weighted by Gasteiger charge is 2.51. The van der Waals surface area contributed by atoms with Gasteiger partial charge in [-0.3, -0.25) is 4.79 Å². The Morgan fingerprint density at radius 3 is 2.65 bits per heavy atom. The van der Waals surface area contributed by atoms with Crippen LogP contribution in [0.5, 0.6) is 5.75 Å². The minimum Gasteiger partial charge on any atom is -0.497 e. The molecule has 2 aliphatic rings. The molecule has 3 atom stereocenters. The molecule has 0 amide bonds. The normalized spacial score (nSPS) is 23.2. The lowest BCUT2D eigenvalue weighted by Gasteiger charge is -2.45. The summed E-state index contributed by atoms with van der Waals surface area (Å²) in [5, 5.41) is 3.80. The Morgan fingerprint density at radius 2 is 1.84 bits per heavy atom. The number of ether oxygens (including phenoxy) is 2. The molecule has 3 aromatic rings. The van der Waals surface area contributed by atoms with E-state index >= 15 is 0 Å². The van der Waals surface area contributed by atoms with Crippen molar-refractivity contribution in [3.8, 4) is 5.75 Å². The molecule has 1 N–H and O–H groups in total. The van der Waals surface area contributed by atoms with E-state index < -0.39 is 0 Å². The highest BCUT2D eigenvalue weighted by Crippen LogP contribution is 2.55. The van der Waals surface area contributed by atoms with Crippen LogP contribution < -0.4 is 10.1 Å². The van der Waals surface area contributed by atoms with Crippen molar-refractivity contribution >= 4 is 11.7 Å². The first-order valence-corrected chi connectivity index (χ1v) is 10.8. The number of rotatable bonds is 5. The van der Waals surface area contributed by atoms with Gasteiger partial charge in [0.2, 0.25) is 0 Å². The zero-order valence-corrected chi connectivity index (χ0v) is 17.9. The van der Waals surface area contributed by atoms with E-state index in [1.54, 1.807) is 7.11 Å². The van der Waals surface area contributed by atoms with Crippen molar-refractivity contribution in [1.29, 1.82) is 0 Å². The van der Waals surface area contributed by atoms with Gasteiger partial charge in [-0.2, -0.15) is 0 Å². The van der Waals surface area contributed by atoms with Crippen molar-refractivity contribution in [3.63, 3.8) is 0 Å². The maximum Gasteiger partial charge on any atom is 0.306 e. The Hall–Kier alpha value is -3.27. The number of anilines is 1. The molecule has 3 aromatic carbocycles. The van der Waals surface area contributed by atoms with Gasteiger partial charge in [-0.15, -0.1) is 0 Å². The van der Waals surface area contributed by atoms with E-state index in [0.717, 1.165) is 29.0 Å². The predicted octanol–water partition coefficient (Wildman–Crippen LogP) is 5.43. The van der Waals surface area contributed by atoms with Gasteiger partial charge in [-0.25, -0.2) is 0 Å². The first-order chi connectivity index (χ1) is 15.1. The Balaban J connectivity index is 1.46. The highest BCUT2D eigenvalue weighted by molar-refractivity contribution is 5.73. The number of nitrogens with one attached hydrogen (secondary N) is 1. The van der Waals surface area contributed by atoms with Crippen molar-refractivity contribution in [2.24, 2.45) is 5.92 Å². The van der Waals surface area contributed by atoms with Gasteiger partial charge in [0.25, 0.3) is 0 Å². The largest absolute Gasteiger partial charge is 0.497 e. The van der Waals surface area contributed by atoms with E-state index in [2.05, 4.69) is 48.6 Å². The van der Waals surface area contributed by atoms with Crippen molar-refractivity contribution in [1.82, 2.24) is 0 Å². The summed E-state index contributed by atoms with van der Waals surface area (Å²) < 4.78 is 11.2. The molecule has 0 radical (unpaired) electrons. The van der Waals surface area contributed by atoms with Crippen molar-refractivity contribution in [2.75, 3.05) is 12.4 Å². The molecule has 0 spiro atoms. The van der Waals surface area contributed by atoms with Gasteiger partial charge in [0.1, 0.15) is 12.4 Å². The molecule has 0 bridgehead atoms. The smallest absolute Gasteiger partial charge is 0.306 e. The average Bonchev–Trinajstić information content (AvgIpc) is 3.10. The molecule has 0 aromatic heterocycles. The molecule has 1 aliphatic heterocycles. The zero-order valence-electron chi connectivity index (χ0n) is 17.9. The van der Waals surface area contributed by atoms with E-state index in [1.165, 1.54) is 11.1 Å². The topological polar surface area (TPSA) is 47.6 Å². The van der Waals surface area contributed by atoms with Gasteiger partial charge in [-0.1, -0.05) is 54.6 Å². The number of esters is 1. The molecule has 158 valence electrons. The van der Waals surface area contributed by atoms with Crippen LogP contribution in [0.15, 0.2) is 72.8 Å². The quantitative estimate of drug-likeness (QED) is 0.567. The molecule has 1 heterocycles. The van der Waals surface area contributed by atoms with Crippen LogP contribution in [0.25, 0.3) is 0 Å². The van der Waals surface area contributed by atoms with Crippen LogP contribution in [-0.2, 0) is 28.1 Å². The number of carbonyl (C=O) groups is 1. The van der Waals surface area contributed by atoms with E-state index in [4.69, 9.17) is 9.47 Å². The molecule has 4 nitrogen and oxygen atoms in total. The molecule has 0 saturated carbocycles. The fourth-order valence-corrected chi connectivity index (χ4v) is 5.36. The van der Waals surface area contributed by atoms with Crippen molar-refractivity contribution < 1.29 is 14.3 Å². The van der Waals surface area contributed by atoms with Gasteiger partial charge in [-0.05, 0) is 59.7 Å². The second-order valence-electron chi connectivity index (χ2n) is 8.71. The van der Waals surface area contributed by atoms with Crippen molar-refractivity contribution in [3.05, 3.63) is 95.1 Å². The Morgan fingerprint density at radius 1 is 1.06 bits per heavy atom. The maximum absolute atomic E-state index is 12.9. The summed E-state index contributed by atoms with van der Waals surface area (Å²) in [5.41, 5.74) is 5.65. The third-order valence-electron chi connectivity index (χ3n) is 6.93. The lowest BCUT2D eigenvalue weighted by molar-refractivity contribution is -0.145. The molecule has 1 aliphatic carbocycles. The lowest BCUT2D eigenvalue weighted by Crippen LogP contribution is -2.44. The minimum absolute atomic E-state index is 0.0482. The Labute approximate surface area is 183 Å². The van der Waals surface area contributed by atoms with Crippen LogP contribution in [-0.4, -0.2) is 13.1 Å².